The van der Waals surface area contributed by atoms with Crippen LogP contribution in [-0.4, -0.2) is 37.3 Å². The molecule has 0 saturated carbocycles. The van der Waals surface area contributed by atoms with Crippen molar-refractivity contribution >= 4 is 17.3 Å². The number of hydrogen-bond acceptors (Lipinski definition) is 4. The van der Waals surface area contributed by atoms with Gasteiger partial charge in [0.2, 0.25) is 12.6 Å². The van der Waals surface area contributed by atoms with Crippen LogP contribution < -0.4 is 15.1 Å². The van der Waals surface area contributed by atoms with E-state index in [4.69, 9.17) is 0 Å². The molecule has 1 aliphatic rings. The van der Waals surface area contributed by atoms with Gasteiger partial charge in [-0.25, -0.2) is 0 Å². The van der Waals surface area contributed by atoms with E-state index in [1.165, 1.54) is 0 Å². The van der Waals surface area contributed by atoms with Gasteiger partial charge in [0, 0.05) is 7.05 Å². The number of nitrogens with zero attached hydrogens (tertiary/aromatic N) is 2. The van der Waals surface area contributed by atoms with Crippen molar-refractivity contribution < 1.29 is 9.90 Å². The molecular formula is C16H23N3O2. The standard InChI is InChI=1S/C16H23N3O2/c1-4-12(2)13(10-20)17-16(21)9-19-11-18(3)14-7-5-6-8-15(14)19/h5-8,12-13,20H,4,9-10H2,1-3H3,(H,17,21)/t12?,13-/m1/s1. The highest BCUT2D eigenvalue weighted by molar-refractivity contribution is 5.87. The lowest BCUT2D eigenvalue weighted by Gasteiger charge is -2.24. The van der Waals surface area contributed by atoms with Crippen LogP contribution in [0.3, 0.4) is 0 Å². The second-order valence-electron chi connectivity index (χ2n) is 5.48. The lowest BCUT2D eigenvalue weighted by atomic mass is 10.00. The fraction of sp³-hybridized carbons (Fsp3) is 0.500. The van der Waals surface area contributed by atoms with Gasteiger partial charge in [-0.05, 0) is 18.1 Å². The van der Waals surface area contributed by atoms with Crippen LogP contribution in [-0.2, 0) is 4.79 Å². The number of rotatable bonds is 6. The summed E-state index contributed by atoms with van der Waals surface area (Å²) in [5, 5.41) is 12.3. The van der Waals surface area contributed by atoms with Crippen LogP contribution in [0.5, 0.6) is 0 Å². The quantitative estimate of drug-likeness (QED) is 0.832. The van der Waals surface area contributed by atoms with E-state index >= 15 is 0 Å². The minimum Gasteiger partial charge on any atom is -0.394 e. The van der Waals surface area contributed by atoms with Crippen molar-refractivity contribution in [2.45, 2.75) is 26.3 Å². The summed E-state index contributed by atoms with van der Waals surface area (Å²) >= 11 is 0. The summed E-state index contributed by atoms with van der Waals surface area (Å²) in [4.78, 5) is 15.9. The maximum absolute atomic E-state index is 12.2. The van der Waals surface area contributed by atoms with Gasteiger partial charge >= 0.3 is 0 Å². The van der Waals surface area contributed by atoms with Crippen molar-refractivity contribution in [3.05, 3.63) is 30.9 Å². The Morgan fingerprint density at radius 2 is 2.05 bits per heavy atom. The van der Waals surface area contributed by atoms with Gasteiger partial charge in [0.1, 0.15) is 0 Å². The van der Waals surface area contributed by atoms with E-state index < -0.39 is 0 Å². The Labute approximate surface area is 126 Å². The summed E-state index contributed by atoms with van der Waals surface area (Å²) in [6.45, 7) is 7.37. The number of para-hydroxylation sites is 2. The predicted octanol–water partition coefficient (Wildman–Crippen LogP) is 1.46. The molecule has 0 aliphatic carbocycles. The Bertz CT molecular complexity index is 492. The molecule has 0 fully saturated rings. The molecule has 0 saturated heterocycles. The van der Waals surface area contributed by atoms with E-state index in [-0.39, 0.29) is 31.0 Å². The van der Waals surface area contributed by atoms with Crippen LogP contribution in [0.15, 0.2) is 24.3 Å². The van der Waals surface area contributed by atoms with Crippen LogP contribution in [0.4, 0.5) is 11.4 Å². The molecule has 0 spiro atoms. The third-order valence-corrected chi connectivity index (χ3v) is 3.98. The normalized spacial score (nSPS) is 16.6. The van der Waals surface area contributed by atoms with Crippen LogP contribution in [0.2, 0.25) is 0 Å². The molecule has 2 rings (SSSR count). The number of benzene rings is 1. The number of nitrogens with one attached hydrogen (secondary N) is 1. The zero-order valence-corrected chi connectivity index (χ0v) is 12.8. The number of hydrogen-bond donors (Lipinski definition) is 2. The SMILES string of the molecule is CCC(C)[C@@H](CO)NC(=O)CN1[C]N(C)c2ccccc21. The molecule has 2 N–H and O–H groups in total. The number of carbonyl (C=O) groups is 1. The largest absolute Gasteiger partial charge is 0.394 e. The third kappa shape index (κ3) is 3.47. The fourth-order valence-electron chi connectivity index (χ4n) is 2.43. The maximum atomic E-state index is 12.2. The van der Waals surface area contributed by atoms with Crippen LogP contribution in [0.25, 0.3) is 0 Å². The molecule has 114 valence electrons. The van der Waals surface area contributed by atoms with Gasteiger partial charge in [-0.1, -0.05) is 32.4 Å². The summed E-state index contributed by atoms with van der Waals surface area (Å²) in [6.07, 6.45) is 0.916. The molecule has 0 aromatic heterocycles. The minimum absolute atomic E-state index is 0.0370. The number of aliphatic hydroxyl groups is 1. The highest BCUT2D eigenvalue weighted by Crippen LogP contribution is 2.36. The fourth-order valence-corrected chi connectivity index (χ4v) is 2.43. The minimum atomic E-state index is -0.196. The zero-order chi connectivity index (χ0) is 15.4. The van der Waals surface area contributed by atoms with E-state index in [9.17, 15) is 9.90 Å². The van der Waals surface area contributed by atoms with E-state index in [1.54, 1.807) is 4.90 Å². The second-order valence-corrected chi connectivity index (χ2v) is 5.48. The predicted molar refractivity (Wildman–Crippen MR) is 83.9 cm³/mol. The van der Waals surface area contributed by atoms with Gasteiger partial charge in [-0.2, -0.15) is 0 Å². The molecular weight excluding hydrogens is 266 g/mol. The molecule has 1 aliphatic heterocycles. The van der Waals surface area contributed by atoms with Gasteiger partial charge in [-0.3, -0.25) is 4.79 Å². The average molecular weight is 289 g/mol. The first kappa shape index (κ1) is 15.6. The van der Waals surface area contributed by atoms with Gasteiger partial charge in [0.05, 0.1) is 30.6 Å². The molecule has 21 heavy (non-hydrogen) atoms. The lowest BCUT2D eigenvalue weighted by Crippen LogP contribution is -2.46. The van der Waals surface area contributed by atoms with Gasteiger partial charge in [0.25, 0.3) is 0 Å². The Balaban J connectivity index is 1.98. The first-order chi connectivity index (χ1) is 10.1. The zero-order valence-electron chi connectivity index (χ0n) is 12.8. The molecule has 0 bridgehead atoms. The number of anilines is 2. The first-order valence-electron chi connectivity index (χ1n) is 7.33. The number of amides is 1. The van der Waals surface area contributed by atoms with Crippen LogP contribution in [0.1, 0.15) is 20.3 Å². The first-order valence-corrected chi connectivity index (χ1v) is 7.33. The highest BCUT2D eigenvalue weighted by Gasteiger charge is 2.27. The van der Waals surface area contributed by atoms with E-state index in [2.05, 4.69) is 12.0 Å². The molecule has 1 amide bonds. The van der Waals surface area contributed by atoms with E-state index in [1.807, 2.05) is 50.1 Å². The Morgan fingerprint density at radius 1 is 1.38 bits per heavy atom. The van der Waals surface area contributed by atoms with E-state index in [0.29, 0.717) is 0 Å². The van der Waals surface area contributed by atoms with Crippen LogP contribution >= 0.6 is 0 Å². The summed E-state index contributed by atoms with van der Waals surface area (Å²) in [5.41, 5.74) is 2.00. The van der Waals surface area contributed by atoms with Gasteiger partial charge in [-0.15, -0.1) is 0 Å². The summed E-state index contributed by atoms with van der Waals surface area (Å²) in [6, 6.07) is 7.68. The summed E-state index contributed by atoms with van der Waals surface area (Å²) in [5.74, 6) is 0.146. The molecule has 2 atom stereocenters. The smallest absolute Gasteiger partial charge is 0.239 e. The number of fused-ring (bicyclic) bond motifs is 1. The van der Waals surface area contributed by atoms with Crippen LogP contribution in [0, 0.1) is 12.6 Å². The Morgan fingerprint density at radius 3 is 2.67 bits per heavy atom. The highest BCUT2D eigenvalue weighted by atomic mass is 16.3. The average Bonchev–Trinajstić information content (AvgIpc) is 2.81. The Hall–Kier alpha value is -1.75. The molecule has 1 aromatic carbocycles. The van der Waals surface area contributed by atoms with Gasteiger partial charge in [0.15, 0.2) is 0 Å². The molecule has 5 heteroatoms. The van der Waals surface area contributed by atoms with Crippen molar-refractivity contribution in [1.29, 1.82) is 0 Å². The topological polar surface area (TPSA) is 55.8 Å². The number of carbonyl (C=O) groups excluding carboxylic acids is 1. The number of aliphatic hydroxyl groups excluding tert-OH is 1. The third-order valence-electron chi connectivity index (χ3n) is 3.98. The summed E-state index contributed by atoms with van der Waals surface area (Å²) < 4.78 is 0. The monoisotopic (exact) mass is 289 g/mol. The summed E-state index contributed by atoms with van der Waals surface area (Å²) in [7, 11) is 1.91. The Kier molecular flexibility index (Phi) is 5.07. The van der Waals surface area contributed by atoms with Gasteiger partial charge < -0.3 is 20.2 Å². The van der Waals surface area contributed by atoms with E-state index in [0.717, 1.165) is 17.8 Å². The molecule has 1 aromatic rings. The van der Waals surface area contributed by atoms with Crippen molar-refractivity contribution in [3.8, 4) is 0 Å². The van der Waals surface area contributed by atoms with Crippen molar-refractivity contribution in [3.63, 3.8) is 0 Å². The maximum Gasteiger partial charge on any atom is 0.239 e. The molecule has 5 nitrogen and oxygen atoms in total. The molecule has 2 radical (unpaired) electrons. The van der Waals surface area contributed by atoms with Crippen molar-refractivity contribution in [2.24, 2.45) is 5.92 Å². The van der Waals surface area contributed by atoms with Crippen molar-refractivity contribution in [2.75, 3.05) is 30.0 Å². The lowest BCUT2D eigenvalue weighted by molar-refractivity contribution is -0.121. The molecule has 1 heterocycles. The second kappa shape index (κ2) is 6.80. The van der Waals surface area contributed by atoms with Crippen molar-refractivity contribution in [1.82, 2.24) is 5.32 Å². The molecule has 1 unspecified atom stereocenters.